The van der Waals surface area contributed by atoms with E-state index in [1.807, 2.05) is 20.2 Å². The van der Waals surface area contributed by atoms with Crippen LogP contribution < -0.4 is 5.73 Å². The van der Waals surface area contributed by atoms with Crippen LogP contribution in [-0.2, 0) is 20.0 Å². The molecule has 2 rings (SSSR count). The number of aromatic nitrogens is 5. The lowest BCUT2D eigenvalue weighted by atomic mass is 10.2. The molecule has 0 aromatic carbocycles. The number of nitrogens with two attached hydrogens (primary N) is 1. The maximum atomic E-state index is 6.18. The summed E-state index contributed by atoms with van der Waals surface area (Å²) in [6.07, 6.45) is 3.71. The van der Waals surface area contributed by atoms with Gasteiger partial charge in [0.1, 0.15) is 5.15 Å². The van der Waals surface area contributed by atoms with Gasteiger partial charge in [0.25, 0.3) is 0 Å². The summed E-state index contributed by atoms with van der Waals surface area (Å²) in [5, 5.41) is 13.1. The van der Waals surface area contributed by atoms with Crippen molar-refractivity contribution >= 4 is 11.6 Å². The molecule has 0 unspecified atom stereocenters. The van der Waals surface area contributed by atoms with Crippen LogP contribution in [0.2, 0.25) is 5.15 Å². The number of nitrogens with zero attached hydrogens (tertiary/aromatic N) is 5. The van der Waals surface area contributed by atoms with E-state index in [9.17, 15) is 0 Å². The summed E-state index contributed by atoms with van der Waals surface area (Å²) < 4.78 is 3.44. The summed E-state index contributed by atoms with van der Waals surface area (Å²) in [5.41, 5.74) is 8.32. The van der Waals surface area contributed by atoms with Gasteiger partial charge in [-0.1, -0.05) is 16.8 Å². The Hall–Kier alpha value is -1.40. The zero-order chi connectivity index (χ0) is 13.1. The average molecular weight is 269 g/mol. The Morgan fingerprint density at radius 3 is 2.83 bits per heavy atom. The summed E-state index contributed by atoms with van der Waals surface area (Å²) in [6.45, 7) is 3.20. The molecule has 0 aliphatic rings. The number of hydrogen-bond acceptors (Lipinski definition) is 4. The van der Waals surface area contributed by atoms with Gasteiger partial charge in [-0.25, -0.2) is 4.68 Å². The van der Waals surface area contributed by atoms with Crippen LogP contribution in [0.5, 0.6) is 0 Å². The van der Waals surface area contributed by atoms with Gasteiger partial charge >= 0.3 is 0 Å². The minimum Gasteiger partial charge on any atom is -0.330 e. The highest BCUT2D eigenvalue weighted by atomic mass is 35.5. The topological polar surface area (TPSA) is 74.5 Å². The minimum atomic E-state index is 0.591. The number of aryl methyl sites for hydroxylation is 3. The highest BCUT2D eigenvalue weighted by molar-refractivity contribution is 6.30. The lowest BCUT2D eigenvalue weighted by molar-refractivity contribution is 0.646. The molecule has 2 N–H and O–H groups in total. The molecule has 0 saturated carbocycles. The van der Waals surface area contributed by atoms with Crippen molar-refractivity contribution in [2.24, 2.45) is 12.8 Å². The normalized spacial score (nSPS) is 11.1. The van der Waals surface area contributed by atoms with E-state index in [0.29, 0.717) is 18.2 Å². The summed E-state index contributed by atoms with van der Waals surface area (Å²) in [5.74, 6) is 0. The molecule has 6 nitrogen and oxygen atoms in total. The fraction of sp³-hybridized carbons (Fsp3) is 0.545. The first-order valence-electron chi connectivity index (χ1n) is 5.89. The summed E-state index contributed by atoms with van der Waals surface area (Å²) in [7, 11) is 1.83. The van der Waals surface area contributed by atoms with Gasteiger partial charge in [0, 0.05) is 18.8 Å². The van der Waals surface area contributed by atoms with E-state index < -0.39 is 0 Å². The Morgan fingerprint density at radius 2 is 2.22 bits per heavy atom. The van der Waals surface area contributed by atoms with E-state index in [1.54, 1.807) is 9.36 Å². The van der Waals surface area contributed by atoms with Crippen LogP contribution in [0, 0.1) is 6.92 Å². The molecule has 98 valence electrons. The van der Waals surface area contributed by atoms with Crippen molar-refractivity contribution in [3.63, 3.8) is 0 Å². The Bertz CT molecular complexity index is 530. The number of halogens is 1. The van der Waals surface area contributed by atoms with Gasteiger partial charge in [-0.3, -0.25) is 4.68 Å². The molecule has 2 aromatic heterocycles. The molecule has 0 aliphatic carbocycles. The van der Waals surface area contributed by atoms with Gasteiger partial charge in [-0.15, -0.1) is 5.10 Å². The lowest BCUT2D eigenvalue weighted by Gasteiger charge is -1.99. The second kappa shape index (κ2) is 5.49. The smallest absolute Gasteiger partial charge is 0.132 e. The fourth-order valence-electron chi connectivity index (χ4n) is 1.83. The van der Waals surface area contributed by atoms with E-state index in [0.717, 1.165) is 29.8 Å². The van der Waals surface area contributed by atoms with E-state index >= 15 is 0 Å². The summed E-state index contributed by atoms with van der Waals surface area (Å²) >= 11 is 6.18. The molecule has 2 aromatic rings. The molecule has 0 aliphatic heterocycles. The van der Waals surface area contributed by atoms with Crippen LogP contribution in [0.1, 0.15) is 23.4 Å². The number of hydrogen-bond donors (Lipinski definition) is 1. The minimum absolute atomic E-state index is 0.591. The van der Waals surface area contributed by atoms with E-state index in [-0.39, 0.29) is 0 Å². The third-order valence-electron chi connectivity index (χ3n) is 2.81. The summed E-state index contributed by atoms with van der Waals surface area (Å²) in [4.78, 5) is 0. The fourth-order valence-corrected chi connectivity index (χ4v) is 2.06. The van der Waals surface area contributed by atoms with Crippen molar-refractivity contribution in [3.8, 4) is 0 Å². The third-order valence-corrected chi connectivity index (χ3v) is 3.29. The maximum Gasteiger partial charge on any atom is 0.132 e. The molecule has 18 heavy (non-hydrogen) atoms. The van der Waals surface area contributed by atoms with Crippen LogP contribution in [0.4, 0.5) is 0 Å². The second-order valence-electron chi connectivity index (χ2n) is 4.28. The van der Waals surface area contributed by atoms with Gasteiger partial charge in [-0.05, 0) is 26.3 Å². The van der Waals surface area contributed by atoms with Crippen molar-refractivity contribution in [3.05, 3.63) is 28.3 Å². The SMILES string of the molecule is Cc1nn(C)c(Cl)c1Cn1cc(CCCN)nn1. The number of rotatable bonds is 5. The first-order chi connectivity index (χ1) is 8.61. The highest BCUT2D eigenvalue weighted by Crippen LogP contribution is 2.19. The van der Waals surface area contributed by atoms with E-state index in [4.69, 9.17) is 17.3 Å². The van der Waals surface area contributed by atoms with Crippen molar-refractivity contribution in [2.45, 2.75) is 26.3 Å². The Morgan fingerprint density at radius 1 is 1.44 bits per heavy atom. The quantitative estimate of drug-likeness (QED) is 0.875. The van der Waals surface area contributed by atoms with Crippen LogP contribution >= 0.6 is 11.6 Å². The van der Waals surface area contributed by atoms with Crippen molar-refractivity contribution in [1.29, 1.82) is 0 Å². The van der Waals surface area contributed by atoms with Gasteiger partial charge < -0.3 is 5.73 Å². The Balaban J connectivity index is 2.11. The molecule has 0 radical (unpaired) electrons. The predicted octanol–water partition coefficient (Wildman–Crippen LogP) is 0.913. The lowest BCUT2D eigenvalue weighted by Crippen LogP contribution is -2.02. The molecule has 0 saturated heterocycles. The van der Waals surface area contributed by atoms with Crippen LogP contribution in [0.25, 0.3) is 0 Å². The van der Waals surface area contributed by atoms with Crippen LogP contribution in [0.15, 0.2) is 6.20 Å². The van der Waals surface area contributed by atoms with Crippen molar-refractivity contribution in [2.75, 3.05) is 6.54 Å². The third kappa shape index (κ3) is 2.70. The molecule has 0 amide bonds. The van der Waals surface area contributed by atoms with Gasteiger partial charge in [0.2, 0.25) is 0 Å². The molecule has 7 heteroatoms. The molecular weight excluding hydrogens is 252 g/mol. The zero-order valence-electron chi connectivity index (χ0n) is 10.6. The van der Waals surface area contributed by atoms with Crippen molar-refractivity contribution in [1.82, 2.24) is 24.8 Å². The Labute approximate surface area is 111 Å². The molecule has 0 spiro atoms. The highest BCUT2D eigenvalue weighted by Gasteiger charge is 2.12. The van der Waals surface area contributed by atoms with E-state index in [2.05, 4.69) is 15.4 Å². The van der Waals surface area contributed by atoms with Crippen LogP contribution in [-0.4, -0.2) is 31.3 Å². The average Bonchev–Trinajstić information content (AvgIpc) is 2.88. The first kappa shape index (κ1) is 13.0. The largest absolute Gasteiger partial charge is 0.330 e. The van der Waals surface area contributed by atoms with E-state index in [1.165, 1.54) is 0 Å². The molecular formula is C11H17ClN6. The molecule has 0 fully saturated rings. The molecule has 2 heterocycles. The standard InChI is InChI=1S/C11H17ClN6/c1-8-10(11(12)17(2)15-8)7-18-6-9(14-16-18)4-3-5-13/h6H,3-5,7,13H2,1-2H3. The Kier molecular flexibility index (Phi) is 3.98. The van der Waals surface area contributed by atoms with Gasteiger partial charge in [0.05, 0.1) is 17.9 Å². The van der Waals surface area contributed by atoms with Crippen molar-refractivity contribution < 1.29 is 0 Å². The van der Waals surface area contributed by atoms with Crippen LogP contribution in [0.3, 0.4) is 0 Å². The van der Waals surface area contributed by atoms with Gasteiger partial charge in [-0.2, -0.15) is 5.10 Å². The predicted molar refractivity (Wildman–Crippen MR) is 69.5 cm³/mol. The maximum absolute atomic E-state index is 6.18. The first-order valence-corrected chi connectivity index (χ1v) is 6.26. The zero-order valence-corrected chi connectivity index (χ0v) is 11.4. The molecule has 0 atom stereocenters. The monoisotopic (exact) mass is 268 g/mol. The summed E-state index contributed by atoms with van der Waals surface area (Å²) in [6, 6.07) is 0. The van der Waals surface area contributed by atoms with Gasteiger partial charge in [0.15, 0.2) is 0 Å². The second-order valence-corrected chi connectivity index (χ2v) is 4.64. The molecule has 0 bridgehead atoms.